The van der Waals surface area contributed by atoms with E-state index in [1.165, 1.54) is 16.7 Å². The Balaban J connectivity index is 1.90. The van der Waals surface area contributed by atoms with Crippen LogP contribution >= 0.6 is 0 Å². The van der Waals surface area contributed by atoms with Crippen molar-refractivity contribution in [3.8, 4) is 0 Å². The molecule has 0 saturated heterocycles. The van der Waals surface area contributed by atoms with Crippen LogP contribution in [0.15, 0.2) is 42.6 Å². The summed E-state index contributed by atoms with van der Waals surface area (Å²) in [5, 5.41) is 2.79. The van der Waals surface area contributed by atoms with E-state index in [4.69, 9.17) is 0 Å². The summed E-state index contributed by atoms with van der Waals surface area (Å²) in [4.78, 5) is 15.9. The summed E-state index contributed by atoms with van der Waals surface area (Å²) in [6.45, 7) is 4.16. The number of aryl methyl sites for hydroxylation is 3. The van der Waals surface area contributed by atoms with Gasteiger partial charge in [-0.25, -0.2) is 4.98 Å². The van der Waals surface area contributed by atoms with Gasteiger partial charge in [0.1, 0.15) is 5.82 Å². The predicted molar refractivity (Wildman–Crippen MR) is 77.1 cm³/mol. The molecule has 0 saturated carbocycles. The summed E-state index contributed by atoms with van der Waals surface area (Å²) in [7, 11) is 0. The second-order valence-corrected chi connectivity index (χ2v) is 4.69. The van der Waals surface area contributed by atoms with E-state index >= 15 is 0 Å². The predicted octanol–water partition coefficient (Wildman–Crippen LogP) is 3.27. The Bertz CT molecular complexity index is 564. The van der Waals surface area contributed by atoms with Crippen LogP contribution in [0.5, 0.6) is 0 Å². The van der Waals surface area contributed by atoms with Crippen LogP contribution in [0.3, 0.4) is 0 Å². The summed E-state index contributed by atoms with van der Waals surface area (Å²) in [6, 6.07) is 11.8. The molecule has 0 atom stereocenters. The number of anilines is 1. The number of rotatable bonds is 4. The van der Waals surface area contributed by atoms with Gasteiger partial charge in [0, 0.05) is 12.6 Å². The number of nitrogens with one attached hydrogen (secondary N) is 1. The molecule has 98 valence electrons. The summed E-state index contributed by atoms with van der Waals surface area (Å²) in [6.07, 6.45) is 2.89. The van der Waals surface area contributed by atoms with Crippen molar-refractivity contribution < 1.29 is 4.79 Å². The highest BCUT2D eigenvalue weighted by Crippen LogP contribution is 2.13. The first-order chi connectivity index (χ1) is 9.15. The first kappa shape index (κ1) is 13.3. The average Bonchev–Trinajstić information content (AvgIpc) is 2.39. The molecule has 19 heavy (non-hydrogen) atoms. The number of pyridine rings is 1. The second kappa shape index (κ2) is 6.14. The van der Waals surface area contributed by atoms with Gasteiger partial charge in [0.15, 0.2) is 0 Å². The molecular formula is C16H18N2O. The molecule has 0 aliphatic heterocycles. The largest absolute Gasteiger partial charge is 0.311 e. The Morgan fingerprint density at radius 3 is 2.74 bits per heavy atom. The van der Waals surface area contributed by atoms with Crippen LogP contribution in [-0.2, 0) is 11.2 Å². The summed E-state index contributed by atoms with van der Waals surface area (Å²) >= 11 is 0. The van der Waals surface area contributed by atoms with Crippen molar-refractivity contribution in [2.45, 2.75) is 26.7 Å². The van der Waals surface area contributed by atoms with Crippen LogP contribution in [0.4, 0.5) is 5.82 Å². The summed E-state index contributed by atoms with van der Waals surface area (Å²) < 4.78 is 0. The fraction of sp³-hybridized carbons (Fsp3) is 0.250. The number of benzene rings is 1. The normalized spacial score (nSPS) is 10.2. The van der Waals surface area contributed by atoms with Crippen LogP contribution in [0.25, 0.3) is 0 Å². The Morgan fingerprint density at radius 2 is 2.05 bits per heavy atom. The Morgan fingerprint density at radius 1 is 1.21 bits per heavy atom. The van der Waals surface area contributed by atoms with E-state index in [0.29, 0.717) is 12.2 Å². The molecule has 0 spiro atoms. The van der Waals surface area contributed by atoms with Gasteiger partial charge in [-0.3, -0.25) is 4.79 Å². The van der Waals surface area contributed by atoms with E-state index in [1.807, 2.05) is 12.1 Å². The van der Waals surface area contributed by atoms with Gasteiger partial charge in [-0.1, -0.05) is 29.8 Å². The molecule has 0 aliphatic carbocycles. The Kier molecular flexibility index (Phi) is 4.29. The lowest BCUT2D eigenvalue weighted by Gasteiger charge is -2.07. The fourth-order valence-electron chi connectivity index (χ4n) is 2.02. The SMILES string of the molecule is Cc1ccc(CCC(=O)Nc2ccccn2)c(C)c1. The molecule has 2 rings (SSSR count). The third-order valence-electron chi connectivity index (χ3n) is 3.05. The van der Waals surface area contributed by atoms with Gasteiger partial charge >= 0.3 is 0 Å². The van der Waals surface area contributed by atoms with E-state index in [0.717, 1.165) is 6.42 Å². The van der Waals surface area contributed by atoms with Crippen molar-refractivity contribution in [3.05, 3.63) is 59.3 Å². The van der Waals surface area contributed by atoms with Crippen molar-refractivity contribution in [1.29, 1.82) is 0 Å². The zero-order valence-corrected chi connectivity index (χ0v) is 11.3. The number of nitrogens with zero attached hydrogens (tertiary/aromatic N) is 1. The van der Waals surface area contributed by atoms with E-state index < -0.39 is 0 Å². The third kappa shape index (κ3) is 3.91. The van der Waals surface area contributed by atoms with Gasteiger partial charge < -0.3 is 5.32 Å². The maximum absolute atomic E-state index is 11.8. The minimum absolute atomic E-state index is 0.00123. The number of aromatic nitrogens is 1. The van der Waals surface area contributed by atoms with E-state index in [1.54, 1.807) is 12.3 Å². The van der Waals surface area contributed by atoms with Gasteiger partial charge in [-0.05, 0) is 43.5 Å². The zero-order chi connectivity index (χ0) is 13.7. The molecule has 3 heteroatoms. The molecule has 1 aromatic heterocycles. The number of carbonyl (C=O) groups is 1. The average molecular weight is 254 g/mol. The topological polar surface area (TPSA) is 42.0 Å². The molecule has 1 amide bonds. The molecule has 1 aromatic carbocycles. The lowest BCUT2D eigenvalue weighted by molar-refractivity contribution is -0.116. The molecule has 3 nitrogen and oxygen atoms in total. The highest BCUT2D eigenvalue weighted by atomic mass is 16.1. The van der Waals surface area contributed by atoms with Gasteiger partial charge in [0.2, 0.25) is 5.91 Å². The van der Waals surface area contributed by atoms with E-state index in [9.17, 15) is 4.79 Å². The lowest BCUT2D eigenvalue weighted by Crippen LogP contribution is -2.13. The van der Waals surface area contributed by atoms with Crippen LogP contribution in [0.2, 0.25) is 0 Å². The van der Waals surface area contributed by atoms with Crippen LogP contribution in [0.1, 0.15) is 23.1 Å². The molecule has 0 bridgehead atoms. The second-order valence-electron chi connectivity index (χ2n) is 4.69. The lowest BCUT2D eigenvalue weighted by atomic mass is 10.0. The molecule has 1 heterocycles. The van der Waals surface area contributed by atoms with Gasteiger partial charge in [-0.2, -0.15) is 0 Å². The molecule has 1 N–H and O–H groups in total. The van der Waals surface area contributed by atoms with E-state index in [2.05, 4.69) is 42.3 Å². The number of hydrogen-bond acceptors (Lipinski definition) is 2. The minimum atomic E-state index is -0.00123. The summed E-state index contributed by atoms with van der Waals surface area (Å²) in [5.74, 6) is 0.604. The van der Waals surface area contributed by atoms with Crippen LogP contribution in [0, 0.1) is 13.8 Å². The number of carbonyl (C=O) groups excluding carboxylic acids is 1. The van der Waals surface area contributed by atoms with Gasteiger partial charge in [-0.15, -0.1) is 0 Å². The van der Waals surface area contributed by atoms with Crippen molar-refractivity contribution in [3.63, 3.8) is 0 Å². The Hall–Kier alpha value is -2.16. The third-order valence-corrected chi connectivity index (χ3v) is 3.05. The minimum Gasteiger partial charge on any atom is -0.311 e. The zero-order valence-electron chi connectivity index (χ0n) is 11.3. The molecule has 0 unspecified atom stereocenters. The monoisotopic (exact) mass is 254 g/mol. The molecule has 0 radical (unpaired) electrons. The van der Waals surface area contributed by atoms with Crippen LogP contribution in [-0.4, -0.2) is 10.9 Å². The first-order valence-corrected chi connectivity index (χ1v) is 6.42. The molecule has 2 aromatic rings. The van der Waals surface area contributed by atoms with Crippen molar-refractivity contribution >= 4 is 11.7 Å². The summed E-state index contributed by atoms with van der Waals surface area (Å²) in [5.41, 5.74) is 3.71. The molecule has 0 aliphatic rings. The fourth-order valence-corrected chi connectivity index (χ4v) is 2.02. The van der Waals surface area contributed by atoms with Crippen molar-refractivity contribution in [2.24, 2.45) is 0 Å². The smallest absolute Gasteiger partial charge is 0.225 e. The van der Waals surface area contributed by atoms with Crippen molar-refractivity contribution in [2.75, 3.05) is 5.32 Å². The highest BCUT2D eigenvalue weighted by molar-refractivity contribution is 5.89. The van der Waals surface area contributed by atoms with E-state index in [-0.39, 0.29) is 5.91 Å². The maximum atomic E-state index is 11.8. The molecule has 0 fully saturated rings. The quantitative estimate of drug-likeness (QED) is 0.909. The standard InChI is InChI=1S/C16H18N2O/c1-12-6-7-14(13(2)11-12)8-9-16(19)18-15-5-3-4-10-17-15/h3-7,10-11H,8-9H2,1-2H3,(H,17,18,19). The molecular weight excluding hydrogens is 236 g/mol. The number of hydrogen-bond donors (Lipinski definition) is 1. The highest BCUT2D eigenvalue weighted by Gasteiger charge is 2.05. The number of amides is 1. The van der Waals surface area contributed by atoms with Crippen LogP contribution < -0.4 is 5.32 Å². The van der Waals surface area contributed by atoms with Gasteiger partial charge in [0.25, 0.3) is 0 Å². The van der Waals surface area contributed by atoms with Gasteiger partial charge in [0.05, 0.1) is 0 Å². The van der Waals surface area contributed by atoms with Crippen molar-refractivity contribution in [1.82, 2.24) is 4.98 Å². The Labute approximate surface area is 113 Å². The maximum Gasteiger partial charge on any atom is 0.225 e. The first-order valence-electron chi connectivity index (χ1n) is 6.42.